The fourth-order valence-electron chi connectivity index (χ4n) is 4.20. The third-order valence-electron chi connectivity index (χ3n) is 6.05. The minimum atomic E-state index is -0.319. The van der Waals surface area contributed by atoms with Crippen molar-refractivity contribution in [2.24, 2.45) is 0 Å². The smallest absolute Gasteiger partial charge is 0.335 e. The van der Waals surface area contributed by atoms with Gasteiger partial charge in [-0.1, -0.05) is 30.3 Å². The average Bonchev–Trinajstić information content (AvgIpc) is 3.31. The van der Waals surface area contributed by atoms with E-state index >= 15 is 0 Å². The second-order valence-electron chi connectivity index (χ2n) is 8.61. The number of anilines is 1. The van der Waals surface area contributed by atoms with Crippen LogP contribution in [0.2, 0.25) is 0 Å². The summed E-state index contributed by atoms with van der Waals surface area (Å²) in [7, 11) is 1.42. The first-order chi connectivity index (χ1) is 15.5. The second kappa shape index (κ2) is 10.1. The molecule has 0 spiro atoms. The lowest BCUT2D eigenvalue weighted by Gasteiger charge is -2.29. The summed E-state index contributed by atoms with van der Waals surface area (Å²) >= 11 is 0. The first-order valence-electron chi connectivity index (χ1n) is 11.4. The number of hydrogen-bond donors (Lipinski definition) is 1. The minimum Gasteiger partial charge on any atom is -0.466 e. The highest BCUT2D eigenvalue weighted by Crippen LogP contribution is 2.28. The lowest BCUT2D eigenvalue weighted by Crippen LogP contribution is -2.31. The quantitative estimate of drug-likeness (QED) is 0.694. The van der Waals surface area contributed by atoms with Crippen molar-refractivity contribution in [2.75, 3.05) is 32.1 Å². The molecule has 0 saturated carbocycles. The standard InChI is InChI=1S/C25H32N4O3/c1-17(2)29-12-11-22-21(14-19(16-29)25(30)31-3)24(26-15-20-10-7-13-32-20)28-23(27-22)18-8-5-4-6-9-18/h4-6,8-9,16-17,20H,7,10-15H2,1-3H3,(H,26,27,28)/b19-16+. The van der Waals surface area contributed by atoms with Crippen LogP contribution in [-0.4, -0.2) is 59.8 Å². The molecule has 1 aromatic heterocycles. The Morgan fingerprint density at radius 2 is 2.09 bits per heavy atom. The molecule has 3 heterocycles. The van der Waals surface area contributed by atoms with Crippen LogP contribution in [0.5, 0.6) is 0 Å². The van der Waals surface area contributed by atoms with Gasteiger partial charge in [-0.25, -0.2) is 14.8 Å². The maximum Gasteiger partial charge on any atom is 0.335 e. The number of nitrogens with zero attached hydrogens (tertiary/aromatic N) is 3. The Morgan fingerprint density at radius 3 is 2.78 bits per heavy atom. The van der Waals surface area contributed by atoms with Crippen molar-refractivity contribution in [3.63, 3.8) is 0 Å². The van der Waals surface area contributed by atoms with Crippen LogP contribution in [0, 0.1) is 0 Å². The van der Waals surface area contributed by atoms with E-state index in [1.54, 1.807) is 0 Å². The number of rotatable bonds is 6. The largest absolute Gasteiger partial charge is 0.466 e. The normalized spacial score (nSPS) is 20.2. The third-order valence-corrected chi connectivity index (χ3v) is 6.05. The number of carbonyl (C=O) groups is 1. The highest BCUT2D eigenvalue weighted by molar-refractivity contribution is 5.89. The van der Waals surface area contributed by atoms with Gasteiger partial charge in [-0.2, -0.15) is 0 Å². The Labute approximate surface area is 189 Å². The van der Waals surface area contributed by atoms with Gasteiger partial charge in [0.15, 0.2) is 5.82 Å². The van der Waals surface area contributed by atoms with Crippen LogP contribution in [0.4, 0.5) is 5.82 Å². The molecular weight excluding hydrogens is 404 g/mol. The molecule has 170 valence electrons. The number of methoxy groups -OCH3 is 1. The molecule has 0 radical (unpaired) electrons. The first-order valence-corrected chi connectivity index (χ1v) is 11.4. The molecule has 7 heteroatoms. The van der Waals surface area contributed by atoms with Crippen LogP contribution < -0.4 is 5.32 Å². The Hall–Kier alpha value is -2.93. The molecule has 0 bridgehead atoms. The molecule has 2 aliphatic rings. The number of fused-ring (bicyclic) bond motifs is 1. The van der Waals surface area contributed by atoms with Crippen LogP contribution in [0.1, 0.15) is 37.9 Å². The lowest BCUT2D eigenvalue weighted by molar-refractivity contribution is -0.136. The molecule has 2 aliphatic heterocycles. The summed E-state index contributed by atoms with van der Waals surface area (Å²) in [6, 6.07) is 10.3. The summed E-state index contributed by atoms with van der Waals surface area (Å²) in [4.78, 5) is 24.6. The minimum absolute atomic E-state index is 0.182. The second-order valence-corrected chi connectivity index (χ2v) is 8.61. The summed E-state index contributed by atoms with van der Waals surface area (Å²) in [6.07, 6.45) is 5.45. The zero-order valence-corrected chi connectivity index (χ0v) is 19.1. The van der Waals surface area contributed by atoms with Crippen molar-refractivity contribution >= 4 is 11.8 Å². The number of nitrogens with one attached hydrogen (secondary N) is 1. The Balaban J connectivity index is 1.75. The van der Waals surface area contributed by atoms with Gasteiger partial charge in [-0.3, -0.25) is 0 Å². The van der Waals surface area contributed by atoms with E-state index < -0.39 is 0 Å². The maximum atomic E-state index is 12.6. The molecule has 4 rings (SSSR count). The summed E-state index contributed by atoms with van der Waals surface area (Å²) in [5.41, 5.74) is 3.51. The molecule has 1 N–H and O–H groups in total. The molecule has 1 unspecified atom stereocenters. The van der Waals surface area contributed by atoms with E-state index in [1.165, 1.54) is 7.11 Å². The van der Waals surface area contributed by atoms with Gasteiger partial charge in [0, 0.05) is 55.9 Å². The van der Waals surface area contributed by atoms with Crippen LogP contribution in [0.3, 0.4) is 0 Å². The number of benzene rings is 1. The van der Waals surface area contributed by atoms with E-state index in [-0.39, 0.29) is 18.1 Å². The van der Waals surface area contributed by atoms with E-state index in [4.69, 9.17) is 19.4 Å². The van der Waals surface area contributed by atoms with Crippen molar-refractivity contribution in [1.82, 2.24) is 14.9 Å². The fraction of sp³-hybridized carbons (Fsp3) is 0.480. The molecular formula is C25H32N4O3. The van der Waals surface area contributed by atoms with Gasteiger partial charge in [-0.15, -0.1) is 0 Å². The molecule has 32 heavy (non-hydrogen) atoms. The molecule has 1 fully saturated rings. The molecule has 0 amide bonds. The highest BCUT2D eigenvalue weighted by Gasteiger charge is 2.25. The van der Waals surface area contributed by atoms with Gasteiger partial charge in [0.05, 0.1) is 24.5 Å². The van der Waals surface area contributed by atoms with Gasteiger partial charge in [-0.05, 0) is 26.7 Å². The summed E-state index contributed by atoms with van der Waals surface area (Å²) in [5, 5.41) is 3.52. The molecule has 1 atom stereocenters. The molecule has 2 aromatic rings. The van der Waals surface area contributed by atoms with E-state index in [2.05, 4.69) is 24.1 Å². The van der Waals surface area contributed by atoms with Crippen LogP contribution in [0.15, 0.2) is 42.1 Å². The fourth-order valence-corrected chi connectivity index (χ4v) is 4.20. The number of ether oxygens (including phenoxy) is 2. The van der Waals surface area contributed by atoms with Gasteiger partial charge < -0.3 is 19.7 Å². The Morgan fingerprint density at radius 1 is 1.28 bits per heavy atom. The van der Waals surface area contributed by atoms with Crippen LogP contribution in [-0.2, 0) is 27.1 Å². The summed E-state index contributed by atoms with van der Waals surface area (Å²) in [5.74, 6) is 1.15. The van der Waals surface area contributed by atoms with Gasteiger partial charge in [0.2, 0.25) is 0 Å². The Kier molecular flexibility index (Phi) is 7.05. The zero-order valence-electron chi connectivity index (χ0n) is 19.1. The molecule has 0 aliphatic carbocycles. The van der Waals surface area contributed by atoms with Crippen molar-refractivity contribution in [3.8, 4) is 11.4 Å². The van der Waals surface area contributed by atoms with E-state index in [1.807, 2.05) is 36.5 Å². The maximum absolute atomic E-state index is 12.6. The number of aromatic nitrogens is 2. The summed E-state index contributed by atoms with van der Waals surface area (Å²) < 4.78 is 10.9. The number of hydrogen-bond acceptors (Lipinski definition) is 7. The van der Waals surface area contributed by atoms with Gasteiger partial charge in [0.25, 0.3) is 0 Å². The number of esters is 1. The molecule has 1 saturated heterocycles. The molecule has 1 aromatic carbocycles. The van der Waals surface area contributed by atoms with Gasteiger partial charge in [0.1, 0.15) is 5.82 Å². The Bertz CT molecular complexity index is 969. The SMILES string of the molecule is COC(=O)/C1=C/N(C(C)C)CCc2nc(-c3ccccc3)nc(NCC3CCCO3)c2C1. The monoisotopic (exact) mass is 436 g/mol. The van der Waals surface area contributed by atoms with Gasteiger partial charge >= 0.3 is 5.97 Å². The van der Waals surface area contributed by atoms with Crippen molar-refractivity contribution in [3.05, 3.63) is 53.4 Å². The van der Waals surface area contributed by atoms with E-state index in [0.29, 0.717) is 24.4 Å². The summed E-state index contributed by atoms with van der Waals surface area (Å²) in [6.45, 7) is 6.51. The molecule has 7 nitrogen and oxygen atoms in total. The zero-order chi connectivity index (χ0) is 22.5. The van der Waals surface area contributed by atoms with Crippen molar-refractivity contribution < 1.29 is 14.3 Å². The van der Waals surface area contributed by atoms with E-state index in [0.717, 1.165) is 55.1 Å². The predicted molar refractivity (Wildman–Crippen MR) is 124 cm³/mol. The average molecular weight is 437 g/mol. The van der Waals surface area contributed by atoms with Crippen molar-refractivity contribution in [1.29, 1.82) is 0 Å². The van der Waals surface area contributed by atoms with Crippen molar-refractivity contribution in [2.45, 2.75) is 51.7 Å². The lowest BCUT2D eigenvalue weighted by atomic mass is 9.99. The highest BCUT2D eigenvalue weighted by atomic mass is 16.5. The number of carbonyl (C=O) groups excluding carboxylic acids is 1. The first kappa shape index (κ1) is 22.3. The predicted octanol–water partition coefficient (Wildman–Crippen LogP) is 3.60. The van der Waals surface area contributed by atoms with Crippen LogP contribution >= 0.6 is 0 Å². The van der Waals surface area contributed by atoms with Crippen LogP contribution in [0.25, 0.3) is 11.4 Å². The topological polar surface area (TPSA) is 76.6 Å². The third kappa shape index (κ3) is 5.10. The van der Waals surface area contributed by atoms with E-state index in [9.17, 15) is 4.79 Å².